The predicted molar refractivity (Wildman–Crippen MR) is 98.9 cm³/mol. The average molecular weight is 329 g/mol. The van der Waals surface area contributed by atoms with Gasteiger partial charge >= 0.3 is 0 Å². The normalized spacial score (nSPS) is 19.4. The van der Waals surface area contributed by atoms with Crippen LogP contribution in [0.4, 0.5) is 5.69 Å². The minimum absolute atomic E-state index is 0.234. The van der Waals surface area contributed by atoms with Crippen LogP contribution in [0.3, 0.4) is 0 Å². The molecule has 1 N–H and O–H groups in total. The summed E-state index contributed by atoms with van der Waals surface area (Å²) < 4.78 is 0. The number of likely N-dealkylation sites (tertiary alicyclic amines) is 1. The second-order valence-corrected chi connectivity index (χ2v) is 7.63. The SMILES string of the molecule is CC(C)C(C)N1Cc2cccc(NCC(=O)N3CCCCC3)c2C1. The van der Waals surface area contributed by atoms with Gasteiger partial charge in [-0.05, 0) is 49.3 Å². The minimum atomic E-state index is 0.234. The molecule has 0 aliphatic carbocycles. The van der Waals surface area contributed by atoms with Crippen LogP contribution in [-0.4, -0.2) is 41.4 Å². The summed E-state index contributed by atoms with van der Waals surface area (Å²) in [5, 5.41) is 3.41. The third kappa shape index (κ3) is 3.75. The molecule has 1 amide bonds. The number of amides is 1. The minimum Gasteiger partial charge on any atom is -0.376 e. The van der Waals surface area contributed by atoms with Crippen LogP contribution in [0.15, 0.2) is 18.2 Å². The van der Waals surface area contributed by atoms with Crippen molar-refractivity contribution in [2.45, 2.75) is 59.2 Å². The molecule has 1 atom stereocenters. The largest absolute Gasteiger partial charge is 0.376 e. The number of fused-ring (bicyclic) bond motifs is 1. The lowest BCUT2D eigenvalue weighted by Crippen LogP contribution is -2.39. The van der Waals surface area contributed by atoms with Crippen molar-refractivity contribution in [2.24, 2.45) is 5.92 Å². The molecule has 2 aliphatic heterocycles. The topological polar surface area (TPSA) is 35.6 Å². The number of nitrogens with zero attached hydrogens (tertiary/aromatic N) is 2. The van der Waals surface area contributed by atoms with Crippen molar-refractivity contribution in [1.29, 1.82) is 0 Å². The zero-order valence-electron chi connectivity index (χ0n) is 15.3. The number of piperidine rings is 1. The van der Waals surface area contributed by atoms with Crippen LogP contribution in [0.1, 0.15) is 51.2 Å². The van der Waals surface area contributed by atoms with Crippen LogP contribution >= 0.6 is 0 Å². The zero-order chi connectivity index (χ0) is 17.1. The van der Waals surface area contributed by atoms with Crippen molar-refractivity contribution in [2.75, 3.05) is 25.0 Å². The Balaban J connectivity index is 1.62. The highest BCUT2D eigenvalue weighted by Crippen LogP contribution is 2.31. The quantitative estimate of drug-likeness (QED) is 0.898. The number of nitrogens with one attached hydrogen (secondary N) is 1. The van der Waals surface area contributed by atoms with E-state index in [1.54, 1.807) is 0 Å². The zero-order valence-corrected chi connectivity index (χ0v) is 15.3. The van der Waals surface area contributed by atoms with Gasteiger partial charge in [-0.1, -0.05) is 26.0 Å². The second-order valence-electron chi connectivity index (χ2n) is 7.63. The number of carbonyl (C=O) groups is 1. The van der Waals surface area contributed by atoms with Gasteiger partial charge < -0.3 is 10.2 Å². The van der Waals surface area contributed by atoms with Crippen molar-refractivity contribution >= 4 is 11.6 Å². The molecule has 2 heterocycles. The molecule has 1 aromatic rings. The molecule has 4 heteroatoms. The first-order valence-corrected chi connectivity index (χ1v) is 9.42. The molecule has 24 heavy (non-hydrogen) atoms. The lowest BCUT2D eigenvalue weighted by Gasteiger charge is -2.27. The molecule has 2 aliphatic rings. The van der Waals surface area contributed by atoms with Crippen LogP contribution in [0.25, 0.3) is 0 Å². The van der Waals surface area contributed by atoms with Gasteiger partial charge in [-0.15, -0.1) is 0 Å². The molecule has 132 valence electrons. The summed E-state index contributed by atoms with van der Waals surface area (Å²) in [5.41, 5.74) is 3.91. The Hall–Kier alpha value is -1.55. The highest BCUT2D eigenvalue weighted by molar-refractivity contribution is 5.81. The Morgan fingerprint density at radius 2 is 1.88 bits per heavy atom. The summed E-state index contributed by atoms with van der Waals surface area (Å²) in [6.07, 6.45) is 3.55. The van der Waals surface area contributed by atoms with E-state index in [1.165, 1.54) is 17.5 Å². The van der Waals surface area contributed by atoms with Gasteiger partial charge in [-0.3, -0.25) is 9.69 Å². The first kappa shape index (κ1) is 17.3. The van der Waals surface area contributed by atoms with Gasteiger partial charge in [0.05, 0.1) is 6.54 Å². The maximum Gasteiger partial charge on any atom is 0.241 e. The number of rotatable bonds is 5. The van der Waals surface area contributed by atoms with Gasteiger partial charge in [0.2, 0.25) is 5.91 Å². The van der Waals surface area contributed by atoms with E-state index < -0.39 is 0 Å². The lowest BCUT2D eigenvalue weighted by atomic mass is 10.1. The number of hydrogen-bond donors (Lipinski definition) is 1. The molecule has 0 spiro atoms. The molecular weight excluding hydrogens is 298 g/mol. The van der Waals surface area contributed by atoms with Crippen LogP contribution in [0.5, 0.6) is 0 Å². The van der Waals surface area contributed by atoms with Crippen LogP contribution in [0.2, 0.25) is 0 Å². The van der Waals surface area contributed by atoms with Crippen LogP contribution < -0.4 is 5.32 Å². The van der Waals surface area contributed by atoms with E-state index >= 15 is 0 Å². The Morgan fingerprint density at radius 3 is 2.58 bits per heavy atom. The monoisotopic (exact) mass is 329 g/mol. The van der Waals surface area contributed by atoms with E-state index in [0.717, 1.165) is 44.7 Å². The average Bonchev–Trinajstić information content (AvgIpc) is 3.04. The molecule has 3 rings (SSSR count). The molecule has 4 nitrogen and oxygen atoms in total. The molecule has 0 bridgehead atoms. The van der Waals surface area contributed by atoms with Crippen molar-refractivity contribution in [3.63, 3.8) is 0 Å². The number of anilines is 1. The smallest absolute Gasteiger partial charge is 0.241 e. The second kappa shape index (κ2) is 7.56. The van der Waals surface area contributed by atoms with Gasteiger partial charge in [0.15, 0.2) is 0 Å². The van der Waals surface area contributed by atoms with E-state index in [0.29, 0.717) is 18.5 Å². The molecular formula is C20H31N3O. The number of hydrogen-bond acceptors (Lipinski definition) is 3. The molecule has 1 saturated heterocycles. The maximum atomic E-state index is 12.4. The first-order valence-electron chi connectivity index (χ1n) is 9.42. The molecule has 0 radical (unpaired) electrons. The number of benzene rings is 1. The van der Waals surface area contributed by atoms with E-state index in [4.69, 9.17) is 0 Å². The van der Waals surface area contributed by atoms with E-state index in [9.17, 15) is 4.79 Å². The van der Waals surface area contributed by atoms with E-state index in [1.807, 2.05) is 4.90 Å². The van der Waals surface area contributed by atoms with E-state index in [-0.39, 0.29) is 5.91 Å². The van der Waals surface area contributed by atoms with Gasteiger partial charge in [0.1, 0.15) is 0 Å². The fraction of sp³-hybridized carbons (Fsp3) is 0.650. The van der Waals surface area contributed by atoms with Crippen molar-refractivity contribution < 1.29 is 4.79 Å². The summed E-state index contributed by atoms with van der Waals surface area (Å²) in [6, 6.07) is 7.02. The Kier molecular flexibility index (Phi) is 5.44. The van der Waals surface area contributed by atoms with Gasteiger partial charge in [0.25, 0.3) is 0 Å². The van der Waals surface area contributed by atoms with Gasteiger partial charge in [-0.25, -0.2) is 0 Å². The highest BCUT2D eigenvalue weighted by Gasteiger charge is 2.26. The third-order valence-corrected chi connectivity index (χ3v) is 5.69. The van der Waals surface area contributed by atoms with Crippen molar-refractivity contribution in [1.82, 2.24) is 9.80 Å². The fourth-order valence-electron chi connectivity index (χ4n) is 3.75. The maximum absolute atomic E-state index is 12.4. The Bertz CT molecular complexity index is 578. The van der Waals surface area contributed by atoms with Gasteiger partial charge in [-0.2, -0.15) is 0 Å². The summed E-state index contributed by atoms with van der Waals surface area (Å²) in [5.74, 6) is 0.883. The van der Waals surface area contributed by atoms with Crippen LogP contribution in [-0.2, 0) is 17.9 Å². The van der Waals surface area contributed by atoms with Crippen molar-refractivity contribution in [3.05, 3.63) is 29.3 Å². The summed E-state index contributed by atoms with van der Waals surface area (Å²) in [7, 11) is 0. The van der Waals surface area contributed by atoms with E-state index in [2.05, 4.69) is 49.2 Å². The Morgan fingerprint density at radius 1 is 1.12 bits per heavy atom. The van der Waals surface area contributed by atoms with Crippen molar-refractivity contribution in [3.8, 4) is 0 Å². The summed E-state index contributed by atoms with van der Waals surface area (Å²) in [6.45, 7) is 11.1. The standard InChI is InChI=1S/C20H31N3O/c1-15(2)16(3)23-13-17-8-7-9-19(18(17)14-23)21-12-20(24)22-10-5-4-6-11-22/h7-9,15-16,21H,4-6,10-14H2,1-3H3. The predicted octanol–water partition coefficient (Wildman–Crippen LogP) is 3.47. The first-order chi connectivity index (χ1) is 11.6. The molecule has 0 saturated carbocycles. The number of carbonyl (C=O) groups excluding carboxylic acids is 1. The van der Waals surface area contributed by atoms with Gasteiger partial charge in [0, 0.05) is 37.9 Å². The molecule has 1 unspecified atom stereocenters. The molecule has 1 fully saturated rings. The lowest BCUT2D eigenvalue weighted by molar-refractivity contribution is -0.130. The molecule has 0 aromatic heterocycles. The fourth-order valence-corrected chi connectivity index (χ4v) is 3.75. The Labute approximate surface area is 146 Å². The summed E-state index contributed by atoms with van der Waals surface area (Å²) in [4.78, 5) is 16.9. The molecule has 1 aromatic carbocycles. The summed E-state index contributed by atoms with van der Waals surface area (Å²) >= 11 is 0. The highest BCUT2D eigenvalue weighted by atomic mass is 16.2. The van der Waals surface area contributed by atoms with Crippen LogP contribution in [0, 0.1) is 5.92 Å². The third-order valence-electron chi connectivity index (χ3n) is 5.69.